The van der Waals surface area contributed by atoms with E-state index in [0.717, 1.165) is 5.56 Å². The topological polar surface area (TPSA) is 76.1 Å². The lowest BCUT2D eigenvalue weighted by Crippen LogP contribution is -2.31. The van der Waals surface area contributed by atoms with E-state index >= 15 is 0 Å². The standard InChI is InChI=1S/C28H26FNO5/c1-17-15-20(10-11-21(17)29)26(31)24-25(19-7-5-4-6-8-19)30(28(33)27(24)32)14-13-18-9-12-22(34-2)23(16-18)35-3/h4-12,15-16,25,31H,13-14H2,1-3H3/b26-24-. The van der Waals surface area contributed by atoms with E-state index < -0.39 is 23.5 Å². The quantitative estimate of drug-likeness (QED) is 0.301. The third-order valence-electron chi connectivity index (χ3n) is 6.18. The summed E-state index contributed by atoms with van der Waals surface area (Å²) in [5, 5.41) is 11.1. The Hall–Kier alpha value is -4.13. The second-order valence-corrected chi connectivity index (χ2v) is 8.31. The molecule has 1 fully saturated rings. The van der Waals surface area contributed by atoms with Gasteiger partial charge >= 0.3 is 0 Å². The fraction of sp³-hybridized carbons (Fsp3) is 0.214. The Morgan fingerprint density at radius 2 is 1.69 bits per heavy atom. The van der Waals surface area contributed by atoms with Crippen molar-refractivity contribution >= 4 is 17.4 Å². The van der Waals surface area contributed by atoms with E-state index in [-0.39, 0.29) is 23.4 Å². The number of ketones is 1. The van der Waals surface area contributed by atoms with Gasteiger partial charge < -0.3 is 19.5 Å². The highest BCUT2D eigenvalue weighted by Crippen LogP contribution is 2.39. The van der Waals surface area contributed by atoms with Crippen molar-refractivity contribution in [3.8, 4) is 11.5 Å². The number of hydrogen-bond donors (Lipinski definition) is 1. The summed E-state index contributed by atoms with van der Waals surface area (Å²) in [6, 6.07) is 17.9. The number of aliphatic hydroxyl groups is 1. The van der Waals surface area contributed by atoms with Gasteiger partial charge in [0.05, 0.1) is 25.8 Å². The first-order valence-electron chi connectivity index (χ1n) is 11.2. The second kappa shape index (κ2) is 10.0. The number of aliphatic hydroxyl groups excluding tert-OH is 1. The molecule has 7 heteroatoms. The van der Waals surface area contributed by atoms with Crippen LogP contribution in [0.5, 0.6) is 11.5 Å². The summed E-state index contributed by atoms with van der Waals surface area (Å²) >= 11 is 0. The molecule has 1 amide bonds. The van der Waals surface area contributed by atoms with Crippen LogP contribution in [0.25, 0.3) is 5.76 Å². The van der Waals surface area contributed by atoms with Crippen LogP contribution < -0.4 is 9.47 Å². The number of likely N-dealkylation sites (tertiary alicyclic amines) is 1. The monoisotopic (exact) mass is 475 g/mol. The molecule has 1 aliphatic heterocycles. The van der Waals surface area contributed by atoms with Crippen molar-refractivity contribution in [1.82, 2.24) is 4.90 Å². The minimum Gasteiger partial charge on any atom is -0.507 e. The van der Waals surface area contributed by atoms with Crippen LogP contribution in [0.3, 0.4) is 0 Å². The van der Waals surface area contributed by atoms with Gasteiger partial charge in [0.25, 0.3) is 11.7 Å². The summed E-state index contributed by atoms with van der Waals surface area (Å²) in [4.78, 5) is 27.7. The third-order valence-corrected chi connectivity index (χ3v) is 6.18. The Kier molecular flexibility index (Phi) is 6.87. The predicted octanol–water partition coefficient (Wildman–Crippen LogP) is 4.82. The van der Waals surface area contributed by atoms with Crippen LogP contribution in [-0.4, -0.2) is 42.5 Å². The van der Waals surface area contributed by atoms with Gasteiger partial charge in [0, 0.05) is 12.1 Å². The Bertz CT molecular complexity index is 1300. The molecule has 0 radical (unpaired) electrons. The number of rotatable bonds is 7. The summed E-state index contributed by atoms with van der Waals surface area (Å²) in [5.74, 6) is -1.05. The summed E-state index contributed by atoms with van der Waals surface area (Å²) in [7, 11) is 3.10. The van der Waals surface area contributed by atoms with E-state index in [1.54, 1.807) is 27.2 Å². The van der Waals surface area contributed by atoms with Crippen LogP contribution in [0.4, 0.5) is 4.39 Å². The van der Waals surface area contributed by atoms with Gasteiger partial charge in [0.2, 0.25) is 0 Å². The van der Waals surface area contributed by atoms with Crippen molar-refractivity contribution in [2.24, 2.45) is 0 Å². The van der Waals surface area contributed by atoms with E-state index in [1.807, 2.05) is 42.5 Å². The number of methoxy groups -OCH3 is 2. The number of carbonyl (C=O) groups is 2. The van der Waals surface area contributed by atoms with Gasteiger partial charge in [-0.15, -0.1) is 0 Å². The molecular formula is C28H26FNO5. The molecular weight excluding hydrogens is 449 g/mol. The lowest BCUT2D eigenvalue weighted by Gasteiger charge is -2.25. The van der Waals surface area contributed by atoms with E-state index in [1.165, 1.54) is 23.1 Å². The largest absolute Gasteiger partial charge is 0.507 e. The first kappa shape index (κ1) is 24.0. The smallest absolute Gasteiger partial charge is 0.295 e. The maximum atomic E-state index is 13.8. The van der Waals surface area contributed by atoms with Gasteiger partial charge in [-0.3, -0.25) is 9.59 Å². The van der Waals surface area contributed by atoms with Crippen LogP contribution in [0.15, 0.2) is 72.3 Å². The van der Waals surface area contributed by atoms with Gasteiger partial charge in [-0.05, 0) is 60.4 Å². The minimum absolute atomic E-state index is 0.0143. The maximum absolute atomic E-state index is 13.8. The van der Waals surface area contributed by atoms with Crippen LogP contribution in [0.1, 0.15) is 28.3 Å². The number of hydrogen-bond acceptors (Lipinski definition) is 5. The number of carbonyl (C=O) groups excluding carboxylic acids is 2. The van der Waals surface area contributed by atoms with Gasteiger partial charge in [0.15, 0.2) is 11.5 Å². The number of amides is 1. The first-order valence-corrected chi connectivity index (χ1v) is 11.2. The molecule has 3 aromatic rings. The van der Waals surface area contributed by atoms with Crippen molar-refractivity contribution in [2.75, 3.05) is 20.8 Å². The molecule has 1 N–H and O–H groups in total. The predicted molar refractivity (Wildman–Crippen MR) is 130 cm³/mol. The fourth-order valence-corrected chi connectivity index (χ4v) is 4.33. The summed E-state index contributed by atoms with van der Waals surface area (Å²) in [6.07, 6.45) is 0.451. The average Bonchev–Trinajstić information content (AvgIpc) is 3.13. The van der Waals surface area contributed by atoms with Crippen LogP contribution in [0.2, 0.25) is 0 Å². The Morgan fingerprint density at radius 3 is 2.34 bits per heavy atom. The third kappa shape index (κ3) is 4.62. The molecule has 0 saturated carbocycles. The average molecular weight is 476 g/mol. The van der Waals surface area contributed by atoms with Crippen molar-refractivity contribution in [2.45, 2.75) is 19.4 Å². The molecule has 0 aliphatic carbocycles. The van der Waals surface area contributed by atoms with E-state index in [9.17, 15) is 19.1 Å². The molecule has 0 aromatic heterocycles. The summed E-state index contributed by atoms with van der Waals surface area (Å²) in [5.41, 5.74) is 2.18. The highest BCUT2D eigenvalue weighted by Gasteiger charge is 2.45. The molecule has 0 bridgehead atoms. The SMILES string of the molecule is COc1ccc(CCN2C(=O)C(=O)/C(=C(\O)c3ccc(F)c(C)c3)C2c2ccccc2)cc1OC. The zero-order valence-electron chi connectivity index (χ0n) is 19.7. The van der Waals surface area contributed by atoms with Crippen molar-refractivity contribution < 1.29 is 28.6 Å². The van der Waals surface area contributed by atoms with Crippen molar-refractivity contribution in [1.29, 1.82) is 0 Å². The van der Waals surface area contributed by atoms with E-state index in [0.29, 0.717) is 29.0 Å². The summed E-state index contributed by atoms with van der Waals surface area (Å²) in [6.45, 7) is 1.81. The second-order valence-electron chi connectivity index (χ2n) is 8.31. The van der Waals surface area contributed by atoms with Crippen molar-refractivity contribution in [3.05, 3.63) is 100 Å². The molecule has 1 saturated heterocycles. The van der Waals surface area contributed by atoms with Crippen LogP contribution in [0, 0.1) is 12.7 Å². The number of aryl methyl sites for hydroxylation is 1. The highest BCUT2D eigenvalue weighted by molar-refractivity contribution is 6.46. The number of nitrogens with zero attached hydrogens (tertiary/aromatic N) is 1. The number of Topliss-reactive ketones (excluding diaryl/α,β-unsaturated/α-hetero) is 1. The molecule has 4 rings (SSSR count). The van der Waals surface area contributed by atoms with Crippen molar-refractivity contribution in [3.63, 3.8) is 0 Å². The molecule has 1 atom stereocenters. The van der Waals surface area contributed by atoms with Gasteiger partial charge in [-0.2, -0.15) is 0 Å². The normalized spacial score (nSPS) is 17.0. The fourth-order valence-electron chi connectivity index (χ4n) is 4.33. The summed E-state index contributed by atoms with van der Waals surface area (Å²) < 4.78 is 24.4. The van der Waals surface area contributed by atoms with Gasteiger partial charge in [-0.25, -0.2) is 4.39 Å². The molecule has 6 nitrogen and oxygen atoms in total. The highest BCUT2D eigenvalue weighted by atomic mass is 19.1. The number of halogens is 1. The first-order chi connectivity index (χ1) is 16.8. The lowest BCUT2D eigenvalue weighted by atomic mass is 9.94. The van der Waals surface area contributed by atoms with E-state index in [2.05, 4.69) is 0 Å². The molecule has 180 valence electrons. The Labute approximate surface area is 203 Å². The number of benzene rings is 3. The zero-order valence-corrected chi connectivity index (χ0v) is 19.7. The van der Waals surface area contributed by atoms with Gasteiger partial charge in [0.1, 0.15) is 11.6 Å². The Morgan fingerprint density at radius 1 is 0.971 bits per heavy atom. The number of ether oxygens (including phenoxy) is 2. The molecule has 0 spiro atoms. The molecule has 1 heterocycles. The van der Waals surface area contributed by atoms with Gasteiger partial charge in [-0.1, -0.05) is 36.4 Å². The maximum Gasteiger partial charge on any atom is 0.295 e. The van der Waals surface area contributed by atoms with Crippen LogP contribution >= 0.6 is 0 Å². The Balaban J connectivity index is 1.73. The molecule has 1 unspecified atom stereocenters. The van der Waals surface area contributed by atoms with Crippen LogP contribution in [-0.2, 0) is 16.0 Å². The molecule has 35 heavy (non-hydrogen) atoms. The zero-order chi connectivity index (χ0) is 25.1. The minimum atomic E-state index is -0.776. The molecule has 3 aromatic carbocycles. The molecule has 1 aliphatic rings. The van der Waals surface area contributed by atoms with E-state index in [4.69, 9.17) is 9.47 Å². The lowest BCUT2D eigenvalue weighted by molar-refractivity contribution is -0.139.